The third kappa shape index (κ3) is 4.04. The van der Waals surface area contributed by atoms with Gasteiger partial charge < -0.3 is 14.8 Å². The van der Waals surface area contributed by atoms with Crippen molar-refractivity contribution in [3.63, 3.8) is 0 Å². The maximum absolute atomic E-state index is 5.94. The molecule has 1 aliphatic rings. The second kappa shape index (κ2) is 8.14. The minimum absolute atomic E-state index is 0.552. The van der Waals surface area contributed by atoms with Gasteiger partial charge in [-0.05, 0) is 17.2 Å². The van der Waals surface area contributed by atoms with Crippen molar-refractivity contribution in [2.45, 2.75) is 33.2 Å². The van der Waals surface area contributed by atoms with Gasteiger partial charge in [0.2, 0.25) is 8.38 Å². The molecule has 0 fully saturated rings. The summed E-state index contributed by atoms with van der Waals surface area (Å²) in [6, 6.07) is 16.2. The third-order valence-corrected chi connectivity index (χ3v) is 4.59. The van der Waals surface area contributed by atoms with Crippen molar-refractivity contribution in [2.24, 2.45) is 5.73 Å². The van der Waals surface area contributed by atoms with Crippen molar-refractivity contribution in [1.82, 2.24) is 0 Å². The molecule has 0 saturated carbocycles. The molecule has 3 rings (SSSR count). The Morgan fingerprint density at radius 3 is 2.43 bits per heavy atom. The predicted molar refractivity (Wildman–Crippen MR) is 88.2 cm³/mol. The van der Waals surface area contributed by atoms with Crippen LogP contribution in [-0.2, 0) is 23.8 Å². The molecule has 1 heterocycles. The van der Waals surface area contributed by atoms with Crippen LogP contribution >= 0.6 is 8.38 Å². The molecule has 2 aromatic rings. The summed E-state index contributed by atoms with van der Waals surface area (Å²) in [5.74, 6) is 0.949. The summed E-state index contributed by atoms with van der Waals surface area (Å²) in [5.41, 5.74) is 9.26. The van der Waals surface area contributed by atoms with Crippen molar-refractivity contribution >= 4 is 8.38 Å². The molecule has 0 spiro atoms. The van der Waals surface area contributed by atoms with Crippen molar-refractivity contribution in [3.8, 4) is 5.75 Å². The fraction of sp³-hybridized carbons (Fsp3) is 0.294. The van der Waals surface area contributed by atoms with E-state index in [0.717, 1.165) is 23.0 Å². The molecular formula is C17H22NO2P. The van der Waals surface area contributed by atoms with E-state index in [1.165, 1.54) is 5.56 Å². The van der Waals surface area contributed by atoms with E-state index in [2.05, 4.69) is 12.1 Å². The molecule has 0 saturated heterocycles. The van der Waals surface area contributed by atoms with Gasteiger partial charge in [0.25, 0.3) is 0 Å². The molecule has 0 aliphatic carbocycles. The minimum Gasteiger partial charge on any atom is -0.447 e. The molecule has 1 aliphatic heterocycles. The van der Waals surface area contributed by atoms with Crippen LogP contribution in [0.3, 0.4) is 0 Å². The largest absolute Gasteiger partial charge is 0.447 e. The molecule has 4 heteroatoms. The Hall–Kier alpha value is -1.41. The zero-order valence-corrected chi connectivity index (χ0v) is 13.5. The third-order valence-electron chi connectivity index (χ3n) is 3.17. The molecule has 2 N–H and O–H groups in total. The predicted octanol–water partition coefficient (Wildman–Crippen LogP) is 4.59. The summed E-state index contributed by atoms with van der Waals surface area (Å²) in [6.45, 7) is 5.18. The molecule has 0 amide bonds. The normalized spacial score (nSPS) is 16.2. The highest BCUT2D eigenvalue weighted by atomic mass is 31.2. The van der Waals surface area contributed by atoms with Gasteiger partial charge in [0.15, 0.2) is 0 Å². The summed E-state index contributed by atoms with van der Waals surface area (Å²) < 4.78 is 11.7. The first-order valence-corrected chi connectivity index (χ1v) is 8.66. The Labute approximate surface area is 128 Å². The Morgan fingerprint density at radius 1 is 1.00 bits per heavy atom. The second-order valence-electron chi connectivity index (χ2n) is 4.44. The lowest BCUT2D eigenvalue weighted by Crippen LogP contribution is -2.07. The van der Waals surface area contributed by atoms with E-state index in [1.54, 1.807) is 0 Å². The maximum atomic E-state index is 5.94. The highest BCUT2D eigenvalue weighted by Gasteiger charge is 2.22. The zero-order valence-electron chi connectivity index (χ0n) is 12.6. The molecule has 0 aromatic heterocycles. The number of benzene rings is 2. The monoisotopic (exact) mass is 303 g/mol. The van der Waals surface area contributed by atoms with E-state index in [1.807, 2.05) is 50.2 Å². The smallest absolute Gasteiger partial charge is 0.235 e. The summed E-state index contributed by atoms with van der Waals surface area (Å²) in [4.78, 5) is 0. The molecule has 1 atom stereocenters. The second-order valence-corrected chi connectivity index (χ2v) is 5.86. The van der Waals surface area contributed by atoms with E-state index in [4.69, 9.17) is 14.8 Å². The van der Waals surface area contributed by atoms with Crippen molar-refractivity contribution in [1.29, 1.82) is 0 Å². The molecule has 0 bridgehead atoms. The maximum Gasteiger partial charge on any atom is 0.235 e. The van der Waals surface area contributed by atoms with E-state index >= 15 is 0 Å². The molecule has 21 heavy (non-hydrogen) atoms. The number of rotatable bonds is 3. The van der Waals surface area contributed by atoms with Gasteiger partial charge in [-0.3, -0.25) is 0 Å². The van der Waals surface area contributed by atoms with Gasteiger partial charge in [0.1, 0.15) is 5.75 Å². The average molecular weight is 303 g/mol. The Balaban J connectivity index is 0.000000774. The number of hydrogen-bond acceptors (Lipinski definition) is 3. The van der Waals surface area contributed by atoms with Gasteiger partial charge in [0, 0.05) is 12.1 Å². The summed E-state index contributed by atoms with van der Waals surface area (Å²) in [6.07, 6.45) is 0.789. The molecule has 112 valence electrons. The standard InChI is InChI=1S/C15H16NO2P.C2H6/c16-9-12-5-1-2-7-14(12)11-19-17-10-13-6-3-4-8-15(13)18-19;1-2/h1-8H,9-11,16H2;1-2H3. The minimum atomic E-state index is -0.912. The van der Waals surface area contributed by atoms with Crippen LogP contribution in [0.25, 0.3) is 0 Å². The summed E-state index contributed by atoms with van der Waals surface area (Å²) >= 11 is 0. The first kappa shape index (κ1) is 16.0. The van der Waals surface area contributed by atoms with Crippen molar-refractivity contribution in [2.75, 3.05) is 0 Å². The lowest BCUT2D eigenvalue weighted by Gasteiger charge is -2.25. The number of nitrogens with two attached hydrogens (primary N) is 1. The van der Waals surface area contributed by atoms with Crippen LogP contribution < -0.4 is 10.3 Å². The van der Waals surface area contributed by atoms with Crippen LogP contribution in [-0.4, -0.2) is 0 Å². The first-order chi connectivity index (χ1) is 10.4. The summed E-state index contributed by atoms with van der Waals surface area (Å²) in [7, 11) is -0.912. The Bertz CT molecular complexity index is 574. The van der Waals surface area contributed by atoms with Gasteiger partial charge in [-0.25, -0.2) is 0 Å². The zero-order chi connectivity index (χ0) is 15.1. The number of fused-ring (bicyclic) bond motifs is 1. The molecule has 1 unspecified atom stereocenters. The first-order valence-electron chi connectivity index (χ1n) is 7.30. The lowest BCUT2D eigenvalue weighted by atomic mass is 10.1. The molecule has 2 aromatic carbocycles. The van der Waals surface area contributed by atoms with E-state index < -0.39 is 8.38 Å². The van der Waals surface area contributed by atoms with Crippen LogP contribution in [0.4, 0.5) is 0 Å². The van der Waals surface area contributed by atoms with E-state index in [-0.39, 0.29) is 0 Å². The average Bonchev–Trinajstić information content (AvgIpc) is 2.57. The lowest BCUT2D eigenvalue weighted by molar-refractivity contribution is 0.276. The van der Waals surface area contributed by atoms with Crippen LogP contribution in [0.2, 0.25) is 0 Å². The highest BCUT2D eigenvalue weighted by Crippen LogP contribution is 2.48. The van der Waals surface area contributed by atoms with Crippen molar-refractivity contribution < 1.29 is 9.05 Å². The van der Waals surface area contributed by atoms with Crippen LogP contribution in [0.5, 0.6) is 5.75 Å². The van der Waals surface area contributed by atoms with Gasteiger partial charge in [-0.2, -0.15) is 0 Å². The van der Waals surface area contributed by atoms with Crippen molar-refractivity contribution in [3.05, 3.63) is 65.2 Å². The number of hydrogen-bond donors (Lipinski definition) is 1. The molecular weight excluding hydrogens is 281 g/mol. The van der Waals surface area contributed by atoms with Crippen LogP contribution in [0.1, 0.15) is 30.5 Å². The van der Waals surface area contributed by atoms with Gasteiger partial charge in [-0.1, -0.05) is 56.3 Å². The quantitative estimate of drug-likeness (QED) is 0.843. The Morgan fingerprint density at radius 2 is 1.67 bits per heavy atom. The topological polar surface area (TPSA) is 44.5 Å². The van der Waals surface area contributed by atoms with Gasteiger partial charge in [-0.15, -0.1) is 0 Å². The SMILES string of the molecule is CC.NCc1ccccc1CP1OCc2ccccc2O1. The fourth-order valence-corrected chi connectivity index (χ4v) is 3.59. The summed E-state index contributed by atoms with van der Waals surface area (Å²) in [5, 5.41) is 0. The molecule has 3 nitrogen and oxygen atoms in total. The van der Waals surface area contributed by atoms with Gasteiger partial charge in [0.05, 0.1) is 12.8 Å². The van der Waals surface area contributed by atoms with Crippen LogP contribution in [0, 0.1) is 0 Å². The number of para-hydroxylation sites is 1. The Kier molecular flexibility index (Phi) is 6.19. The highest BCUT2D eigenvalue weighted by molar-refractivity contribution is 7.46. The molecule has 0 radical (unpaired) electrons. The fourth-order valence-electron chi connectivity index (χ4n) is 2.12. The van der Waals surface area contributed by atoms with E-state index in [0.29, 0.717) is 13.2 Å². The van der Waals surface area contributed by atoms with Gasteiger partial charge >= 0.3 is 0 Å². The van der Waals surface area contributed by atoms with Crippen LogP contribution in [0.15, 0.2) is 48.5 Å². The van der Waals surface area contributed by atoms with E-state index in [9.17, 15) is 0 Å².